The standard InChI is InChI=1S/C13H19NOS/c1-11-4-2-3-5-12(11)8-14-6-7-16-13(9-14)10-15/h2-5,13,15H,6-10H2,1H3. The number of rotatable bonds is 3. The monoisotopic (exact) mass is 237 g/mol. The van der Waals surface area contributed by atoms with Crippen molar-refractivity contribution >= 4 is 11.8 Å². The number of aliphatic hydroxyl groups is 1. The molecule has 1 N–H and O–H groups in total. The van der Waals surface area contributed by atoms with Crippen LogP contribution in [0.5, 0.6) is 0 Å². The number of benzene rings is 1. The van der Waals surface area contributed by atoms with Crippen LogP contribution < -0.4 is 0 Å². The largest absolute Gasteiger partial charge is 0.395 e. The maximum Gasteiger partial charge on any atom is 0.0562 e. The quantitative estimate of drug-likeness (QED) is 0.868. The molecule has 1 aromatic carbocycles. The van der Waals surface area contributed by atoms with E-state index in [0.717, 1.165) is 25.4 Å². The molecule has 3 heteroatoms. The number of thioether (sulfide) groups is 1. The van der Waals surface area contributed by atoms with E-state index in [-0.39, 0.29) is 0 Å². The number of hydrogen-bond donors (Lipinski definition) is 1. The minimum atomic E-state index is 0.301. The van der Waals surface area contributed by atoms with Crippen molar-refractivity contribution < 1.29 is 5.11 Å². The Hall–Kier alpha value is -0.510. The maximum absolute atomic E-state index is 9.18. The van der Waals surface area contributed by atoms with Gasteiger partial charge in [0.05, 0.1) is 6.61 Å². The van der Waals surface area contributed by atoms with Gasteiger partial charge in [0, 0.05) is 30.6 Å². The van der Waals surface area contributed by atoms with Crippen molar-refractivity contribution in [2.24, 2.45) is 0 Å². The molecule has 16 heavy (non-hydrogen) atoms. The van der Waals surface area contributed by atoms with Crippen molar-refractivity contribution in [3.8, 4) is 0 Å². The summed E-state index contributed by atoms with van der Waals surface area (Å²) in [6, 6.07) is 8.55. The van der Waals surface area contributed by atoms with Crippen molar-refractivity contribution in [2.45, 2.75) is 18.7 Å². The Labute approximate surface area is 102 Å². The van der Waals surface area contributed by atoms with E-state index in [1.807, 2.05) is 11.8 Å². The van der Waals surface area contributed by atoms with Crippen LogP contribution in [0.4, 0.5) is 0 Å². The number of hydrogen-bond acceptors (Lipinski definition) is 3. The fourth-order valence-corrected chi connectivity index (χ4v) is 3.18. The average Bonchev–Trinajstić information content (AvgIpc) is 2.32. The molecule has 0 bridgehead atoms. The molecule has 1 aromatic rings. The first kappa shape index (κ1) is 12.0. The van der Waals surface area contributed by atoms with Crippen molar-refractivity contribution in [1.82, 2.24) is 4.90 Å². The van der Waals surface area contributed by atoms with E-state index in [9.17, 15) is 5.11 Å². The lowest BCUT2D eigenvalue weighted by molar-refractivity contribution is 0.225. The summed E-state index contributed by atoms with van der Waals surface area (Å²) >= 11 is 1.89. The van der Waals surface area contributed by atoms with Crippen LogP contribution in [0.2, 0.25) is 0 Å². The van der Waals surface area contributed by atoms with Crippen molar-refractivity contribution in [2.75, 3.05) is 25.4 Å². The summed E-state index contributed by atoms with van der Waals surface area (Å²) in [6.45, 7) is 5.63. The molecule has 0 spiro atoms. The molecular formula is C13H19NOS. The molecular weight excluding hydrogens is 218 g/mol. The van der Waals surface area contributed by atoms with E-state index in [2.05, 4.69) is 36.1 Å². The normalized spacial score (nSPS) is 22.2. The van der Waals surface area contributed by atoms with Gasteiger partial charge in [0.15, 0.2) is 0 Å². The molecule has 1 atom stereocenters. The van der Waals surface area contributed by atoms with Crippen LogP contribution in [0.15, 0.2) is 24.3 Å². The smallest absolute Gasteiger partial charge is 0.0562 e. The second-order valence-electron chi connectivity index (χ2n) is 4.34. The Morgan fingerprint density at radius 2 is 2.25 bits per heavy atom. The highest BCUT2D eigenvalue weighted by molar-refractivity contribution is 8.00. The van der Waals surface area contributed by atoms with Gasteiger partial charge < -0.3 is 5.11 Å². The van der Waals surface area contributed by atoms with Crippen molar-refractivity contribution in [1.29, 1.82) is 0 Å². The van der Waals surface area contributed by atoms with E-state index in [1.54, 1.807) is 0 Å². The lowest BCUT2D eigenvalue weighted by Crippen LogP contribution is -2.38. The molecule has 1 unspecified atom stereocenters. The van der Waals surface area contributed by atoms with Crippen LogP contribution in [-0.2, 0) is 6.54 Å². The van der Waals surface area contributed by atoms with Crippen LogP contribution in [-0.4, -0.2) is 40.7 Å². The molecule has 2 nitrogen and oxygen atoms in total. The van der Waals surface area contributed by atoms with Gasteiger partial charge in [-0.1, -0.05) is 24.3 Å². The molecule has 2 rings (SSSR count). The zero-order valence-corrected chi connectivity index (χ0v) is 10.5. The van der Waals surface area contributed by atoms with Crippen LogP contribution >= 0.6 is 11.8 Å². The highest BCUT2D eigenvalue weighted by atomic mass is 32.2. The maximum atomic E-state index is 9.18. The molecule has 0 radical (unpaired) electrons. The Morgan fingerprint density at radius 3 is 3.00 bits per heavy atom. The third-order valence-corrected chi connectivity index (χ3v) is 4.27. The van der Waals surface area contributed by atoms with Crippen LogP contribution in [0, 0.1) is 6.92 Å². The minimum Gasteiger partial charge on any atom is -0.395 e. The van der Waals surface area contributed by atoms with Gasteiger partial charge in [-0.3, -0.25) is 4.90 Å². The molecule has 0 aliphatic carbocycles. The third-order valence-electron chi connectivity index (χ3n) is 3.08. The van der Waals surface area contributed by atoms with E-state index < -0.39 is 0 Å². The average molecular weight is 237 g/mol. The predicted molar refractivity (Wildman–Crippen MR) is 69.8 cm³/mol. The third kappa shape index (κ3) is 3.00. The van der Waals surface area contributed by atoms with Crippen molar-refractivity contribution in [3.63, 3.8) is 0 Å². The summed E-state index contributed by atoms with van der Waals surface area (Å²) < 4.78 is 0. The van der Waals surface area contributed by atoms with Gasteiger partial charge in [-0.2, -0.15) is 11.8 Å². The molecule has 1 saturated heterocycles. The Kier molecular flexibility index (Phi) is 4.27. The molecule has 88 valence electrons. The van der Waals surface area contributed by atoms with Gasteiger partial charge in [0.2, 0.25) is 0 Å². The number of aliphatic hydroxyl groups excluding tert-OH is 1. The van der Waals surface area contributed by atoms with Gasteiger partial charge in [0.25, 0.3) is 0 Å². The molecule has 1 heterocycles. The number of nitrogens with zero attached hydrogens (tertiary/aromatic N) is 1. The molecule has 0 amide bonds. The highest BCUT2D eigenvalue weighted by Crippen LogP contribution is 2.20. The van der Waals surface area contributed by atoms with E-state index in [0.29, 0.717) is 11.9 Å². The van der Waals surface area contributed by atoms with E-state index >= 15 is 0 Å². The summed E-state index contributed by atoms with van der Waals surface area (Å²) in [7, 11) is 0. The van der Waals surface area contributed by atoms with Crippen molar-refractivity contribution in [3.05, 3.63) is 35.4 Å². The summed E-state index contributed by atoms with van der Waals surface area (Å²) in [5.74, 6) is 1.14. The first-order valence-corrected chi connectivity index (χ1v) is 6.84. The SMILES string of the molecule is Cc1ccccc1CN1CCSC(CO)C1. The van der Waals surface area contributed by atoms with Crippen LogP contribution in [0.3, 0.4) is 0 Å². The topological polar surface area (TPSA) is 23.5 Å². The molecule has 0 saturated carbocycles. The molecule has 1 aliphatic heterocycles. The first-order chi connectivity index (χ1) is 7.79. The van der Waals surface area contributed by atoms with Gasteiger partial charge in [-0.15, -0.1) is 0 Å². The molecule has 1 aliphatic rings. The van der Waals surface area contributed by atoms with Crippen LogP contribution in [0.25, 0.3) is 0 Å². The Balaban J connectivity index is 1.97. The number of aryl methyl sites for hydroxylation is 1. The fraction of sp³-hybridized carbons (Fsp3) is 0.538. The Morgan fingerprint density at radius 1 is 1.44 bits per heavy atom. The van der Waals surface area contributed by atoms with Gasteiger partial charge >= 0.3 is 0 Å². The highest BCUT2D eigenvalue weighted by Gasteiger charge is 2.19. The Bertz CT molecular complexity index is 342. The minimum absolute atomic E-state index is 0.301. The molecule has 0 aromatic heterocycles. The summed E-state index contributed by atoms with van der Waals surface area (Å²) in [5, 5.41) is 9.58. The van der Waals surface area contributed by atoms with Gasteiger partial charge in [0.1, 0.15) is 0 Å². The second kappa shape index (κ2) is 5.71. The second-order valence-corrected chi connectivity index (χ2v) is 5.75. The summed E-state index contributed by atoms with van der Waals surface area (Å²) in [5.41, 5.74) is 2.77. The summed E-state index contributed by atoms with van der Waals surface area (Å²) in [4.78, 5) is 2.44. The lowest BCUT2D eigenvalue weighted by atomic mass is 10.1. The summed E-state index contributed by atoms with van der Waals surface area (Å²) in [6.07, 6.45) is 0. The zero-order chi connectivity index (χ0) is 11.4. The van der Waals surface area contributed by atoms with Gasteiger partial charge in [-0.05, 0) is 18.1 Å². The van der Waals surface area contributed by atoms with Gasteiger partial charge in [-0.25, -0.2) is 0 Å². The zero-order valence-electron chi connectivity index (χ0n) is 9.72. The van der Waals surface area contributed by atoms with E-state index in [1.165, 1.54) is 11.1 Å². The van der Waals surface area contributed by atoms with E-state index in [4.69, 9.17) is 0 Å². The molecule has 1 fully saturated rings. The fourth-order valence-electron chi connectivity index (χ4n) is 2.06. The lowest BCUT2D eigenvalue weighted by Gasteiger charge is -2.31. The first-order valence-electron chi connectivity index (χ1n) is 5.79. The predicted octanol–water partition coefficient (Wildman–Crippen LogP) is 1.90. The van der Waals surface area contributed by atoms with Crippen LogP contribution in [0.1, 0.15) is 11.1 Å².